The summed E-state index contributed by atoms with van der Waals surface area (Å²) in [7, 11) is 0. The minimum absolute atomic E-state index is 0.111. The highest BCUT2D eigenvalue weighted by atomic mass is 16.3. The van der Waals surface area contributed by atoms with Gasteiger partial charge in [-0.2, -0.15) is 0 Å². The fraction of sp³-hybridized carbons (Fsp3) is 0.667. The standard InChI is InChI=1S/C6H11N3O2/c1-5(11)2-9-3-6(4-10)7-8-9/h3,5,10-11H,2,4H2,1H3/t5-/m0/s1. The predicted molar refractivity (Wildman–Crippen MR) is 37.6 cm³/mol. The van der Waals surface area contributed by atoms with Crippen molar-refractivity contribution in [1.82, 2.24) is 15.0 Å². The maximum absolute atomic E-state index is 8.94. The van der Waals surface area contributed by atoms with E-state index in [1.165, 1.54) is 4.68 Å². The van der Waals surface area contributed by atoms with Crippen LogP contribution in [0.5, 0.6) is 0 Å². The van der Waals surface area contributed by atoms with Crippen molar-refractivity contribution in [2.45, 2.75) is 26.2 Å². The molecule has 0 aliphatic rings. The Hall–Kier alpha value is -0.940. The molecule has 62 valence electrons. The van der Waals surface area contributed by atoms with Gasteiger partial charge in [-0.15, -0.1) is 5.10 Å². The summed E-state index contributed by atoms with van der Waals surface area (Å²) in [5.41, 5.74) is 0.519. The first-order valence-electron chi connectivity index (χ1n) is 3.40. The SMILES string of the molecule is C[C@H](O)Cn1cc(CO)nn1. The van der Waals surface area contributed by atoms with Crippen molar-refractivity contribution in [3.8, 4) is 0 Å². The summed E-state index contributed by atoms with van der Waals surface area (Å²) in [5, 5.41) is 24.9. The van der Waals surface area contributed by atoms with E-state index in [1.54, 1.807) is 13.1 Å². The second kappa shape index (κ2) is 3.45. The largest absolute Gasteiger partial charge is 0.391 e. The van der Waals surface area contributed by atoms with Crippen LogP contribution in [-0.2, 0) is 13.2 Å². The highest BCUT2D eigenvalue weighted by molar-refractivity contribution is 4.88. The number of aliphatic hydroxyl groups excluding tert-OH is 2. The maximum atomic E-state index is 8.94. The number of hydrogen-bond donors (Lipinski definition) is 2. The number of aliphatic hydroxyl groups is 2. The molecule has 1 aromatic rings. The first-order valence-corrected chi connectivity index (χ1v) is 3.40. The van der Waals surface area contributed by atoms with Crippen molar-refractivity contribution in [1.29, 1.82) is 0 Å². The number of rotatable bonds is 3. The lowest BCUT2D eigenvalue weighted by Crippen LogP contribution is -2.11. The molecule has 0 bridgehead atoms. The first kappa shape index (κ1) is 8.16. The predicted octanol–water partition coefficient (Wildman–Crippen LogP) is -0.849. The summed E-state index contributed by atoms with van der Waals surface area (Å²) in [6, 6.07) is 0. The van der Waals surface area contributed by atoms with Crippen LogP contribution in [0.25, 0.3) is 0 Å². The molecule has 1 rings (SSSR count). The van der Waals surface area contributed by atoms with Crippen LogP contribution >= 0.6 is 0 Å². The van der Waals surface area contributed by atoms with E-state index in [0.717, 1.165) is 0 Å². The van der Waals surface area contributed by atoms with Gasteiger partial charge in [0, 0.05) is 0 Å². The van der Waals surface area contributed by atoms with Gasteiger partial charge in [-0.25, -0.2) is 4.68 Å². The Kier molecular flexibility index (Phi) is 2.56. The number of hydrogen-bond acceptors (Lipinski definition) is 4. The number of aromatic nitrogens is 3. The van der Waals surface area contributed by atoms with Gasteiger partial charge in [-0.05, 0) is 6.92 Å². The van der Waals surface area contributed by atoms with Gasteiger partial charge in [-0.3, -0.25) is 0 Å². The second-order valence-electron chi connectivity index (χ2n) is 2.44. The molecule has 0 radical (unpaired) electrons. The molecule has 0 saturated carbocycles. The van der Waals surface area contributed by atoms with Crippen LogP contribution in [0, 0.1) is 0 Å². The van der Waals surface area contributed by atoms with Crippen LogP contribution in [0.15, 0.2) is 6.20 Å². The van der Waals surface area contributed by atoms with E-state index in [2.05, 4.69) is 10.3 Å². The van der Waals surface area contributed by atoms with Gasteiger partial charge in [0.1, 0.15) is 5.69 Å². The summed E-state index contributed by atoms with van der Waals surface area (Å²) in [6.07, 6.45) is 1.16. The lowest BCUT2D eigenvalue weighted by Gasteiger charge is -2.00. The minimum Gasteiger partial charge on any atom is -0.391 e. The molecule has 0 aromatic carbocycles. The molecular formula is C6H11N3O2. The van der Waals surface area contributed by atoms with E-state index in [4.69, 9.17) is 10.2 Å². The highest BCUT2D eigenvalue weighted by Crippen LogP contribution is 1.93. The van der Waals surface area contributed by atoms with Gasteiger partial charge in [0.2, 0.25) is 0 Å². The van der Waals surface area contributed by atoms with E-state index < -0.39 is 6.10 Å². The van der Waals surface area contributed by atoms with Crippen molar-refractivity contribution < 1.29 is 10.2 Å². The smallest absolute Gasteiger partial charge is 0.108 e. The first-order chi connectivity index (χ1) is 5.22. The Bertz CT molecular complexity index is 221. The molecule has 1 aromatic heterocycles. The van der Waals surface area contributed by atoms with E-state index in [-0.39, 0.29) is 6.61 Å². The van der Waals surface area contributed by atoms with Crippen molar-refractivity contribution in [2.75, 3.05) is 0 Å². The fourth-order valence-corrected chi connectivity index (χ4v) is 0.771. The summed E-state index contributed by atoms with van der Waals surface area (Å²) in [4.78, 5) is 0. The average molecular weight is 157 g/mol. The Morgan fingerprint density at radius 1 is 1.73 bits per heavy atom. The molecule has 0 fully saturated rings. The molecule has 0 amide bonds. The van der Waals surface area contributed by atoms with Gasteiger partial charge in [0.05, 0.1) is 25.5 Å². The van der Waals surface area contributed by atoms with Crippen LogP contribution in [0.3, 0.4) is 0 Å². The zero-order chi connectivity index (χ0) is 8.27. The molecule has 0 unspecified atom stereocenters. The summed E-state index contributed by atoms with van der Waals surface area (Å²) in [6.45, 7) is 1.97. The fourth-order valence-electron chi connectivity index (χ4n) is 0.771. The van der Waals surface area contributed by atoms with Crippen molar-refractivity contribution >= 4 is 0 Å². The van der Waals surface area contributed by atoms with Crippen LogP contribution < -0.4 is 0 Å². The zero-order valence-electron chi connectivity index (χ0n) is 6.30. The Morgan fingerprint density at radius 3 is 2.91 bits per heavy atom. The number of nitrogens with zero attached hydrogens (tertiary/aromatic N) is 3. The quantitative estimate of drug-likeness (QED) is 0.599. The molecule has 2 N–H and O–H groups in total. The van der Waals surface area contributed by atoms with E-state index in [0.29, 0.717) is 12.2 Å². The van der Waals surface area contributed by atoms with Gasteiger partial charge in [0.25, 0.3) is 0 Å². The third-order valence-electron chi connectivity index (χ3n) is 1.20. The van der Waals surface area contributed by atoms with Crippen LogP contribution in [-0.4, -0.2) is 31.3 Å². The Balaban J connectivity index is 2.58. The molecule has 5 heteroatoms. The molecule has 1 atom stereocenters. The monoisotopic (exact) mass is 157 g/mol. The maximum Gasteiger partial charge on any atom is 0.108 e. The molecule has 0 aliphatic heterocycles. The van der Waals surface area contributed by atoms with Crippen molar-refractivity contribution in [3.05, 3.63) is 11.9 Å². The van der Waals surface area contributed by atoms with E-state index >= 15 is 0 Å². The van der Waals surface area contributed by atoms with Crippen molar-refractivity contribution in [3.63, 3.8) is 0 Å². The van der Waals surface area contributed by atoms with Crippen molar-refractivity contribution in [2.24, 2.45) is 0 Å². The Morgan fingerprint density at radius 2 is 2.45 bits per heavy atom. The second-order valence-corrected chi connectivity index (χ2v) is 2.44. The lowest BCUT2D eigenvalue weighted by molar-refractivity contribution is 0.167. The highest BCUT2D eigenvalue weighted by Gasteiger charge is 2.00. The molecule has 11 heavy (non-hydrogen) atoms. The van der Waals surface area contributed by atoms with Gasteiger partial charge >= 0.3 is 0 Å². The van der Waals surface area contributed by atoms with Gasteiger partial charge in [0.15, 0.2) is 0 Å². The normalized spacial score (nSPS) is 13.4. The topological polar surface area (TPSA) is 71.2 Å². The average Bonchev–Trinajstić information content (AvgIpc) is 2.34. The molecule has 5 nitrogen and oxygen atoms in total. The molecule has 0 spiro atoms. The van der Waals surface area contributed by atoms with Gasteiger partial charge in [-0.1, -0.05) is 5.21 Å². The minimum atomic E-state index is -0.441. The molecule has 0 aliphatic carbocycles. The molecular weight excluding hydrogens is 146 g/mol. The third-order valence-corrected chi connectivity index (χ3v) is 1.20. The summed E-state index contributed by atoms with van der Waals surface area (Å²) in [5.74, 6) is 0. The van der Waals surface area contributed by atoms with Crippen LogP contribution in [0.4, 0.5) is 0 Å². The third kappa shape index (κ3) is 2.28. The Labute approximate surface area is 64.3 Å². The lowest BCUT2D eigenvalue weighted by atomic mass is 10.4. The zero-order valence-corrected chi connectivity index (χ0v) is 6.30. The van der Waals surface area contributed by atoms with E-state index in [9.17, 15) is 0 Å². The summed E-state index contributed by atoms with van der Waals surface area (Å²) < 4.78 is 1.50. The van der Waals surface area contributed by atoms with Gasteiger partial charge < -0.3 is 10.2 Å². The molecule has 1 heterocycles. The summed E-state index contributed by atoms with van der Waals surface area (Å²) >= 11 is 0. The van der Waals surface area contributed by atoms with Crippen LogP contribution in [0.1, 0.15) is 12.6 Å². The van der Waals surface area contributed by atoms with E-state index in [1.807, 2.05) is 0 Å². The molecule has 0 saturated heterocycles. The van der Waals surface area contributed by atoms with Crippen LogP contribution in [0.2, 0.25) is 0 Å².